The molecule has 1 heterocycles. The monoisotopic (exact) mass is 249 g/mol. The van der Waals surface area contributed by atoms with E-state index in [0.717, 1.165) is 17.9 Å². The molecule has 0 bridgehead atoms. The normalized spacial score (nSPS) is 21.7. The molecule has 1 atom stereocenters. The van der Waals surface area contributed by atoms with Crippen LogP contribution >= 0.6 is 23.5 Å². The number of hydrogen-bond acceptors (Lipinski definition) is 5. The zero-order valence-electron chi connectivity index (χ0n) is 9.49. The second-order valence-corrected chi connectivity index (χ2v) is 7.03. The molecule has 0 spiro atoms. The van der Waals surface area contributed by atoms with Crippen LogP contribution in [0.15, 0.2) is 0 Å². The van der Waals surface area contributed by atoms with E-state index in [1.165, 1.54) is 7.11 Å². The Hall–Kier alpha value is 0.130. The van der Waals surface area contributed by atoms with Crippen LogP contribution in [0.3, 0.4) is 0 Å². The number of carbonyl (C=O) groups excluding carboxylic acids is 1. The standard InChI is InChI=1S/C10H19NO2S2/c1-7(2)6-8(11)10(9(12)13-3)14-4-5-15-10/h7-8H,4-6,11H2,1-3H3/t8-/m0/s1. The molecule has 0 saturated carbocycles. The smallest absolute Gasteiger partial charge is 0.333 e. The minimum atomic E-state index is -0.557. The van der Waals surface area contributed by atoms with E-state index in [1.807, 2.05) is 0 Å². The van der Waals surface area contributed by atoms with Crippen LogP contribution in [-0.4, -0.2) is 34.7 Å². The van der Waals surface area contributed by atoms with Gasteiger partial charge >= 0.3 is 5.97 Å². The Labute approximate surface area is 99.9 Å². The van der Waals surface area contributed by atoms with Crippen LogP contribution in [0.1, 0.15) is 20.3 Å². The fourth-order valence-corrected chi connectivity index (χ4v) is 4.85. The molecule has 1 aliphatic heterocycles. The quantitative estimate of drug-likeness (QED) is 0.769. The first-order chi connectivity index (χ1) is 7.03. The van der Waals surface area contributed by atoms with Crippen molar-refractivity contribution < 1.29 is 9.53 Å². The lowest BCUT2D eigenvalue weighted by Gasteiger charge is -2.31. The fourth-order valence-electron chi connectivity index (χ4n) is 1.72. The summed E-state index contributed by atoms with van der Waals surface area (Å²) in [6.07, 6.45) is 0.856. The molecule has 1 aliphatic rings. The van der Waals surface area contributed by atoms with Gasteiger partial charge in [-0.2, -0.15) is 0 Å². The Balaban J connectivity index is 2.76. The van der Waals surface area contributed by atoms with Gasteiger partial charge in [0.15, 0.2) is 4.08 Å². The van der Waals surface area contributed by atoms with Crippen molar-refractivity contribution in [2.75, 3.05) is 18.6 Å². The van der Waals surface area contributed by atoms with Gasteiger partial charge in [-0.05, 0) is 12.3 Å². The van der Waals surface area contributed by atoms with Crippen molar-refractivity contribution in [3.05, 3.63) is 0 Å². The van der Waals surface area contributed by atoms with Gasteiger partial charge in [0.2, 0.25) is 0 Å². The van der Waals surface area contributed by atoms with Crippen LogP contribution < -0.4 is 5.73 Å². The molecule has 0 radical (unpaired) electrons. The van der Waals surface area contributed by atoms with Crippen LogP contribution in [0.2, 0.25) is 0 Å². The summed E-state index contributed by atoms with van der Waals surface area (Å²) in [4.78, 5) is 11.8. The summed E-state index contributed by atoms with van der Waals surface area (Å²) in [6, 6.07) is -0.123. The molecular formula is C10H19NO2S2. The minimum Gasteiger partial charge on any atom is -0.467 e. The molecule has 15 heavy (non-hydrogen) atoms. The van der Waals surface area contributed by atoms with Crippen LogP contribution in [0, 0.1) is 5.92 Å². The molecule has 1 saturated heterocycles. The largest absolute Gasteiger partial charge is 0.467 e. The highest BCUT2D eigenvalue weighted by Gasteiger charge is 2.49. The second kappa shape index (κ2) is 5.46. The third kappa shape index (κ3) is 2.82. The van der Waals surface area contributed by atoms with Crippen molar-refractivity contribution >= 4 is 29.5 Å². The molecule has 0 amide bonds. The Morgan fingerprint density at radius 1 is 1.47 bits per heavy atom. The fraction of sp³-hybridized carbons (Fsp3) is 0.900. The summed E-state index contributed by atoms with van der Waals surface area (Å²) in [7, 11) is 1.44. The zero-order valence-corrected chi connectivity index (χ0v) is 11.1. The van der Waals surface area contributed by atoms with E-state index in [9.17, 15) is 4.79 Å². The lowest BCUT2D eigenvalue weighted by Crippen LogP contribution is -2.48. The molecule has 2 N–H and O–H groups in total. The molecule has 0 aromatic rings. The number of methoxy groups -OCH3 is 1. The van der Waals surface area contributed by atoms with Gasteiger partial charge in [0, 0.05) is 17.5 Å². The molecule has 3 nitrogen and oxygen atoms in total. The van der Waals surface area contributed by atoms with Crippen molar-refractivity contribution in [2.45, 2.75) is 30.4 Å². The Morgan fingerprint density at radius 2 is 2.00 bits per heavy atom. The molecule has 88 valence electrons. The van der Waals surface area contributed by atoms with E-state index in [1.54, 1.807) is 23.5 Å². The van der Waals surface area contributed by atoms with E-state index in [2.05, 4.69) is 13.8 Å². The first-order valence-electron chi connectivity index (χ1n) is 5.15. The van der Waals surface area contributed by atoms with Crippen molar-refractivity contribution in [2.24, 2.45) is 11.7 Å². The molecule has 5 heteroatoms. The predicted octanol–water partition coefficient (Wildman–Crippen LogP) is 1.71. The molecule has 0 unspecified atom stereocenters. The van der Waals surface area contributed by atoms with Crippen molar-refractivity contribution in [3.8, 4) is 0 Å². The third-order valence-electron chi connectivity index (χ3n) is 2.40. The highest BCUT2D eigenvalue weighted by molar-refractivity contribution is 8.22. The van der Waals surface area contributed by atoms with Crippen molar-refractivity contribution in [1.82, 2.24) is 0 Å². The lowest BCUT2D eigenvalue weighted by atomic mass is 10.0. The average molecular weight is 249 g/mol. The van der Waals surface area contributed by atoms with E-state index < -0.39 is 4.08 Å². The Kier molecular flexibility index (Phi) is 4.80. The number of rotatable bonds is 4. The summed E-state index contributed by atoms with van der Waals surface area (Å²) in [5, 5.41) is 0. The van der Waals surface area contributed by atoms with Gasteiger partial charge in [-0.1, -0.05) is 13.8 Å². The third-order valence-corrected chi connectivity index (χ3v) is 5.98. The topological polar surface area (TPSA) is 52.3 Å². The van der Waals surface area contributed by atoms with Crippen LogP contribution in [-0.2, 0) is 9.53 Å². The number of esters is 1. The molecular weight excluding hydrogens is 230 g/mol. The van der Waals surface area contributed by atoms with E-state index in [0.29, 0.717) is 5.92 Å². The van der Waals surface area contributed by atoms with Crippen LogP contribution in [0.4, 0.5) is 0 Å². The highest BCUT2D eigenvalue weighted by Crippen LogP contribution is 2.47. The van der Waals surface area contributed by atoms with Gasteiger partial charge in [-0.3, -0.25) is 0 Å². The van der Waals surface area contributed by atoms with Crippen molar-refractivity contribution in [3.63, 3.8) is 0 Å². The maximum absolute atomic E-state index is 11.8. The first kappa shape index (κ1) is 13.2. The summed E-state index contributed by atoms with van der Waals surface area (Å²) in [6.45, 7) is 4.24. The zero-order chi connectivity index (χ0) is 11.5. The number of hydrogen-bond donors (Lipinski definition) is 1. The highest BCUT2D eigenvalue weighted by atomic mass is 32.2. The summed E-state index contributed by atoms with van der Waals surface area (Å²) >= 11 is 3.27. The van der Waals surface area contributed by atoms with Gasteiger partial charge in [0.05, 0.1) is 7.11 Å². The lowest BCUT2D eigenvalue weighted by molar-refractivity contribution is -0.141. The summed E-state index contributed by atoms with van der Waals surface area (Å²) in [5.41, 5.74) is 6.15. The number of carbonyl (C=O) groups is 1. The summed E-state index contributed by atoms with van der Waals surface area (Å²) < 4.78 is 4.32. The molecule has 0 aromatic heterocycles. The second-order valence-electron chi connectivity index (χ2n) is 4.09. The SMILES string of the molecule is COC(=O)C1([C@@H](N)CC(C)C)SCCS1. The number of nitrogens with two attached hydrogens (primary N) is 1. The van der Waals surface area contributed by atoms with Gasteiger partial charge in [-0.25, -0.2) is 4.79 Å². The van der Waals surface area contributed by atoms with Gasteiger partial charge < -0.3 is 10.5 Å². The van der Waals surface area contributed by atoms with Gasteiger partial charge in [-0.15, -0.1) is 23.5 Å². The maximum atomic E-state index is 11.8. The van der Waals surface area contributed by atoms with Crippen molar-refractivity contribution in [1.29, 1.82) is 0 Å². The molecule has 1 rings (SSSR count). The average Bonchev–Trinajstić information content (AvgIpc) is 2.65. The Bertz CT molecular complexity index is 227. The van der Waals surface area contributed by atoms with Gasteiger partial charge in [0.25, 0.3) is 0 Å². The first-order valence-corrected chi connectivity index (χ1v) is 7.12. The predicted molar refractivity (Wildman–Crippen MR) is 67.1 cm³/mol. The summed E-state index contributed by atoms with van der Waals surface area (Å²) in [5.74, 6) is 2.28. The molecule has 0 aromatic carbocycles. The molecule has 0 aliphatic carbocycles. The number of ether oxygens (including phenoxy) is 1. The van der Waals surface area contributed by atoms with E-state index >= 15 is 0 Å². The minimum absolute atomic E-state index is 0.123. The molecule has 1 fully saturated rings. The van der Waals surface area contributed by atoms with E-state index in [-0.39, 0.29) is 12.0 Å². The van der Waals surface area contributed by atoms with Crippen LogP contribution in [0.5, 0.6) is 0 Å². The van der Waals surface area contributed by atoms with Crippen LogP contribution in [0.25, 0.3) is 0 Å². The maximum Gasteiger partial charge on any atom is 0.333 e. The van der Waals surface area contributed by atoms with E-state index in [4.69, 9.17) is 10.5 Å². The number of thioether (sulfide) groups is 2. The van der Waals surface area contributed by atoms with Gasteiger partial charge in [0.1, 0.15) is 0 Å². The Morgan fingerprint density at radius 3 is 2.40 bits per heavy atom.